The molecule has 0 aliphatic heterocycles. The molecule has 0 saturated heterocycles. The molecule has 3 amide bonds. The SMILES string of the molecule is COCCNCCNC(=O)CC(NC(N)=O)c1cccc(C)c1.Cl. The van der Waals surface area contributed by atoms with Gasteiger partial charge in [0.15, 0.2) is 0 Å². The van der Waals surface area contributed by atoms with E-state index in [2.05, 4.69) is 16.0 Å². The molecule has 1 aromatic carbocycles. The summed E-state index contributed by atoms with van der Waals surface area (Å²) in [6.45, 7) is 4.50. The van der Waals surface area contributed by atoms with Crippen LogP contribution in [0.2, 0.25) is 0 Å². The number of primary amides is 1. The summed E-state index contributed by atoms with van der Waals surface area (Å²) in [7, 11) is 1.64. The third-order valence-corrected chi connectivity index (χ3v) is 3.26. The highest BCUT2D eigenvalue weighted by atomic mass is 35.5. The van der Waals surface area contributed by atoms with E-state index in [1.165, 1.54) is 0 Å². The number of carbonyl (C=O) groups is 2. The topological polar surface area (TPSA) is 105 Å². The number of nitrogens with one attached hydrogen (secondary N) is 3. The van der Waals surface area contributed by atoms with Gasteiger partial charge < -0.3 is 26.4 Å². The molecule has 1 aromatic rings. The van der Waals surface area contributed by atoms with Crippen LogP contribution in [0.3, 0.4) is 0 Å². The molecule has 24 heavy (non-hydrogen) atoms. The average molecular weight is 359 g/mol. The van der Waals surface area contributed by atoms with Crippen molar-refractivity contribution >= 4 is 24.3 Å². The second-order valence-corrected chi connectivity index (χ2v) is 5.27. The molecule has 0 heterocycles. The third-order valence-electron chi connectivity index (χ3n) is 3.26. The summed E-state index contributed by atoms with van der Waals surface area (Å²) >= 11 is 0. The van der Waals surface area contributed by atoms with Crippen LogP contribution in [0.4, 0.5) is 4.79 Å². The first-order valence-corrected chi connectivity index (χ1v) is 7.62. The van der Waals surface area contributed by atoms with Gasteiger partial charge in [-0.25, -0.2) is 4.79 Å². The van der Waals surface area contributed by atoms with Crippen LogP contribution >= 0.6 is 12.4 Å². The Morgan fingerprint density at radius 2 is 2.00 bits per heavy atom. The van der Waals surface area contributed by atoms with Gasteiger partial charge in [-0.15, -0.1) is 12.4 Å². The van der Waals surface area contributed by atoms with Crippen LogP contribution in [-0.2, 0) is 9.53 Å². The summed E-state index contributed by atoms with van der Waals surface area (Å²) in [5.74, 6) is -0.140. The van der Waals surface area contributed by atoms with Crippen LogP contribution in [-0.4, -0.2) is 45.3 Å². The number of ether oxygens (including phenoxy) is 1. The molecule has 0 fully saturated rings. The molecule has 1 unspecified atom stereocenters. The van der Waals surface area contributed by atoms with Gasteiger partial charge in [0.2, 0.25) is 5.91 Å². The molecule has 5 N–H and O–H groups in total. The van der Waals surface area contributed by atoms with E-state index in [-0.39, 0.29) is 24.7 Å². The lowest BCUT2D eigenvalue weighted by Crippen LogP contribution is -2.38. The summed E-state index contributed by atoms with van der Waals surface area (Å²) in [4.78, 5) is 23.2. The van der Waals surface area contributed by atoms with Gasteiger partial charge >= 0.3 is 6.03 Å². The van der Waals surface area contributed by atoms with E-state index in [0.29, 0.717) is 19.7 Å². The van der Waals surface area contributed by atoms with E-state index in [4.69, 9.17) is 10.5 Å². The van der Waals surface area contributed by atoms with Gasteiger partial charge in [0.25, 0.3) is 0 Å². The Kier molecular flexibility index (Phi) is 11.6. The molecule has 0 radical (unpaired) electrons. The Bertz CT molecular complexity index is 514. The first kappa shape index (κ1) is 22.2. The highest BCUT2D eigenvalue weighted by Gasteiger charge is 2.17. The van der Waals surface area contributed by atoms with Crippen molar-refractivity contribution < 1.29 is 14.3 Å². The lowest BCUT2D eigenvalue weighted by molar-refractivity contribution is -0.121. The number of aryl methyl sites for hydroxylation is 1. The van der Waals surface area contributed by atoms with Crippen LogP contribution in [0.15, 0.2) is 24.3 Å². The molecule has 0 saturated carbocycles. The fourth-order valence-corrected chi connectivity index (χ4v) is 2.16. The monoisotopic (exact) mass is 358 g/mol. The van der Waals surface area contributed by atoms with Gasteiger partial charge in [0.05, 0.1) is 19.1 Å². The minimum atomic E-state index is -0.648. The molecular formula is C16H27ClN4O3. The molecule has 1 atom stereocenters. The van der Waals surface area contributed by atoms with Gasteiger partial charge in [-0.05, 0) is 12.5 Å². The van der Waals surface area contributed by atoms with Crippen molar-refractivity contribution in [2.75, 3.05) is 33.4 Å². The van der Waals surface area contributed by atoms with E-state index in [0.717, 1.165) is 17.7 Å². The van der Waals surface area contributed by atoms with E-state index < -0.39 is 12.1 Å². The molecule has 0 aliphatic carbocycles. The standard InChI is InChI=1S/C16H26N4O3.ClH/c1-12-4-3-5-13(10-12)14(20-16(17)22)11-15(21)19-7-6-18-8-9-23-2;/h3-5,10,14,18H,6-9,11H2,1-2H3,(H,19,21)(H3,17,20,22);1H. The Morgan fingerprint density at radius 3 is 2.62 bits per heavy atom. The largest absolute Gasteiger partial charge is 0.383 e. The zero-order valence-corrected chi connectivity index (χ0v) is 14.9. The van der Waals surface area contributed by atoms with Crippen molar-refractivity contribution in [2.24, 2.45) is 5.73 Å². The highest BCUT2D eigenvalue weighted by molar-refractivity contribution is 5.85. The van der Waals surface area contributed by atoms with Gasteiger partial charge in [-0.1, -0.05) is 29.8 Å². The van der Waals surface area contributed by atoms with Gasteiger partial charge in [-0.2, -0.15) is 0 Å². The Hall–Kier alpha value is -1.83. The van der Waals surface area contributed by atoms with E-state index in [9.17, 15) is 9.59 Å². The third kappa shape index (κ3) is 9.34. The van der Waals surface area contributed by atoms with Gasteiger partial charge in [0.1, 0.15) is 0 Å². The van der Waals surface area contributed by atoms with Crippen LogP contribution in [0.25, 0.3) is 0 Å². The van der Waals surface area contributed by atoms with Gasteiger partial charge in [-0.3, -0.25) is 4.79 Å². The predicted molar refractivity (Wildman–Crippen MR) is 96.3 cm³/mol. The van der Waals surface area contributed by atoms with Crippen molar-refractivity contribution in [1.82, 2.24) is 16.0 Å². The molecular weight excluding hydrogens is 332 g/mol. The summed E-state index contributed by atoms with van der Waals surface area (Å²) in [6, 6.07) is 6.56. The number of amides is 3. The average Bonchev–Trinajstić information content (AvgIpc) is 2.49. The molecule has 0 spiro atoms. The normalized spacial score (nSPS) is 11.2. The van der Waals surface area contributed by atoms with Crippen LogP contribution in [0.5, 0.6) is 0 Å². The van der Waals surface area contributed by atoms with E-state index >= 15 is 0 Å². The van der Waals surface area contributed by atoms with Crippen molar-refractivity contribution in [3.8, 4) is 0 Å². The fraction of sp³-hybridized carbons (Fsp3) is 0.500. The number of benzene rings is 1. The number of hydrogen-bond donors (Lipinski definition) is 4. The van der Waals surface area contributed by atoms with Crippen molar-refractivity contribution in [3.05, 3.63) is 35.4 Å². The number of nitrogens with two attached hydrogens (primary N) is 1. The van der Waals surface area contributed by atoms with E-state index in [1.807, 2.05) is 31.2 Å². The number of hydrogen-bond acceptors (Lipinski definition) is 4. The number of urea groups is 1. The maximum Gasteiger partial charge on any atom is 0.312 e. The maximum atomic E-state index is 12.0. The van der Waals surface area contributed by atoms with Crippen LogP contribution < -0.4 is 21.7 Å². The van der Waals surface area contributed by atoms with E-state index in [1.54, 1.807) is 7.11 Å². The molecule has 0 aliphatic rings. The van der Waals surface area contributed by atoms with Crippen molar-refractivity contribution in [1.29, 1.82) is 0 Å². The smallest absolute Gasteiger partial charge is 0.312 e. The minimum Gasteiger partial charge on any atom is -0.383 e. The number of halogens is 1. The first-order valence-electron chi connectivity index (χ1n) is 7.62. The molecule has 0 bridgehead atoms. The quantitative estimate of drug-likeness (QED) is 0.466. The zero-order valence-electron chi connectivity index (χ0n) is 14.1. The number of rotatable bonds is 10. The number of carbonyl (C=O) groups excluding carboxylic acids is 2. The Labute approximate surface area is 149 Å². The lowest BCUT2D eigenvalue weighted by atomic mass is 10.0. The predicted octanol–water partition coefficient (Wildman–Crippen LogP) is 0.869. The highest BCUT2D eigenvalue weighted by Crippen LogP contribution is 2.17. The minimum absolute atomic E-state index is 0. The fourth-order valence-electron chi connectivity index (χ4n) is 2.16. The Morgan fingerprint density at radius 1 is 1.25 bits per heavy atom. The first-order chi connectivity index (χ1) is 11.0. The second kappa shape index (κ2) is 12.6. The molecule has 8 heteroatoms. The number of methoxy groups -OCH3 is 1. The maximum absolute atomic E-state index is 12.0. The molecule has 0 aromatic heterocycles. The molecule has 7 nitrogen and oxygen atoms in total. The Balaban J connectivity index is 0.00000529. The second-order valence-electron chi connectivity index (χ2n) is 5.27. The zero-order chi connectivity index (χ0) is 17.1. The summed E-state index contributed by atoms with van der Waals surface area (Å²) < 4.78 is 4.92. The summed E-state index contributed by atoms with van der Waals surface area (Å²) in [6.07, 6.45) is 0.143. The van der Waals surface area contributed by atoms with Crippen molar-refractivity contribution in [2.45, 2.75) is 19.4 Å². The summed E-state index contributed by atoms with van der Waals surface area (Å²) in [5, 5.41) is 8.57. The summed E-state index contributed by atoms with van der Waals surface area (Å²) in [5.41, 5.74) is 7.12. The molecule has 136 valence electrons. The van der Waals surface area contributed by atoms with Crippen molar-refractivity contribution in [3.63, 3.8) is 0 Å². The molecule has 1 rings (SSSR count). The van der Waals surface area contributed by atoms with Gasteiger partial charge in [0, 0.05) is 26.7 Å². The lowest BCUT2D eigenvalue weighted by Gasteiger charge is -2.18. The van der Waals surface area contributed by atoms with Crippen LogP contribution in [0.1, 0.15) is 23.6 Å². The van der Waals surface area contributed by atoms with Crippen LogP contribution in [0, 0.1) is 6.92 Å².